The molecule has 0 fully saturated rings. The SMILES string of the molecule is O=C(O)c1ccc(Cn2cnc3cnc(C#CCc4ccccc4)cc3c2=O)cc1. The Labute approximate surface area is 172 Å². The molecule has 2 heterocycles. The van der Waals surface area contributed by atoms with E-state index >= 15 is 0 Å². The number of carbonyl (C=O) groups is 1. The van der Waals surface area contributed by atoms with E-state index in [1.807, 2.05) is 30.3 Å². The highest BCUT2D eigenvalue weighted by atomic mass is 16.4. The Balaban J connectivity index is 1.60. The molecule has 0 aliphatic heterocycles. The van der Waals surface area contributed by atoms with E-state index in [1.165, 1.54) is 23.0 Å². The van der Waals surface area contributed by atoms with Crippen molar-refractivity contribution in [2.24, 2.45) is 0 Å². The molecule has 30 heavy (non-hydrogen) atoms. The van der Waals surface area contributed by atoms with Gasteiger partial charge in [0.1, 0.15) is 5.69 Å². The van der Waals surface area contributed by atoms with E-state index < -0.39 is 5.97 Å². The molecular weight excluding hydrogens is 378 g/mol. The smallest absolute Gasteiger partial charge is 0.335 e. The molecule has 1 N–H and O–H groups in total. The van der Waals surface area contributed by atoms with Gasteiger partial charge in [0.25, 0.3) is 5.56 Å². The summed E-state index contributed by atoms with van der Waals surface area (Å²) < 4.78 is 1.49. The van der Waals surface area contributed by atoms with Crippen molar-refractivity contribution < 1.29 is 9.90 Å². The Morgan fingerprint density at radius 1 is 1.00 bits per heavy atom. The second-order valence-corrected chi connectivity index (χ2v) is 6.73. The number of hydrogen-bond acceptors (Lipinski definition) is 4. The van der Waals surface area contributed by atoms with E-state index in [0.29, 0.717) is 29.6 Å². The van der Waals surface area contributed by atoms with Crippen LogP contribution in [0.4, 0.5) is 0 Å². The van der Waals surface area contributed by atoms with Gasteiger partial charge in [-0.2, -0.15) is 0 Å². The molecule has 4 aromatic rings. The molecule has 0 radical (unpaired) electrons. The molecule has 146 valence electrons. The zero-order valence-electron chi connectivity index (χ0n) is 15.9. The zero-order chi connectivity index (χ0) is 20.9. The van der Waals surface area contributed by atoms with Crippen LogP contribution in [0.3, 0.4) is 0 Å². The molecule has 2 aromatic heterocycles. The first-order valence-corrected chi connectivity index (χ1v) is 9.30. The molecule has 0 saturated carbocycles. The van der Waals surface area contributed by atoms with Crippen LogP contribution < -0.4 is 5.56 Å². The van der Waals surface area contributed by atoms with Crippen molar-refractivity contribution in [2.45, 2.75) is 13.0 Å². The zero-order valence-corrected chi connectivity index (χ0v) is 15.9. The van der Waals surface area contributed by atoms with Gasteiger partial charge < -0.3 is 5.11 Å². The number of carboxylic acids is 1. The van der Waals surface area contributed by atoms with Crippen LogP contribution in [0, 0.1) is 11.8 Å². The summed E-state index contributed by atoms with van der Waals surface area (Å²) in [6.45, 7) is 0.291. The molecule has 0 unspecified atom stereocenters. The van der Waals surface area contributed by atoms with E-state index in [1.54, 1.807) is 24.4 Å². The van der Waals surface area contributed by atoms with Crippen molar-refractivity contribution in [1.82, 2.24) is 14.5 Å². The highest BCUT2D eigenvalue weighted by Crippen LogP contribution is 2.09. The largest absolute Gasteiger partial charge is 0.478 e. The lowest BCUT2D eigenvalue weighted by Gasteiger charge is -2.07. The van der Waals surface area contributed by atoms with Crippen LogP contribution in [0.1, 0.15) is 27.2 Å². The van der Waals surface area contributed by atoms with E-state index in [0.717, 1.165) is 11.1 Å². The number of hydrogen-bond donors (Lipinski definition) is 1. The Kier molecular flexibility index (Phi) is 5.35. The average Bonchev–Trinajstić information content (AvgIpc) is 2.77. The van der Waals surface area contributed by atoms with Gasteiger partial charge in [0.15, 0.2) is 0 Å². The van der Waals surface area contributed by atoms with Gasteiger partial charge in [0.2, 0.25) is 0 Å². The fraction of sp³-hybridized carbons (Fsp3) is 0.0833. The van der Waals surface area contributed by atoms with E-state index in [9.17, 15) is 9.59 Å². The Morgan fingerprint density at radius 3 is 2.50 bits per heavy atom. The summed E-state index contributed by atoms with van der Waals surface area (Å²) in [4.78, 5) is 32.5. The number of fused-ring (bicyclic) bond motifs is 1. The quantitative estimate of drug-likeness (QED) is 0.537. The highest BCUT2D eigenvalue weighted by molar-refractivity contribution is 5.87. The molecule has 0 spiro atoms. The fourth-order valence-electron chi connectivity index (χ4n) is 3.02. The molecular formula is C24H17N3O3. The summed E-state index contributed by atoms with van der Waals surface area (Å²) in [5.41, 5.74) is 2.94. The second kappa shape index (κ2) is 8.41. The molecule has 0 bridgehead atoms. The summed E-state index contributed by atoms with van der Waals surface area (Å²) in [5.74, 6) is 5.10. The summed E-state index contributed by atoms with van der Waals surface area (Å²) in [7, 11) is 0. The third-order valence-corrected chi connectivity index (χ3v) is 4.62. The van der Waals surface area contributed by atoms with Gasteiger partial charge in [-0.3, -0.25) is 9.36 Å². The van der Waals surface area contributed by atoms with Crippen molar-refractivity contribution in [3.8, 4) is 11.8 Å². The molecule has 6 heteroatoms. The topological polar surface area (TPSA) is 85.1 Å². The van der Waals surface area contributed by atoms with Gasteiger partial charge in [0.05, 0.1) is 35.5 Å². The first-order valence-electron chi connectivity index (χ1n) is 9.30. The van der Waals surface area contributed by atoms with Gasteiger partial charge in [-0.15, -0.1) is 0 Å². The summed E-state index contributed by atoms with van der Waals surface area (Å²) >= 11 is 0. The lowest BCUT2D eigenvalue weighted by atomic mass is 10.1. The van der Waals surface area contributed by atoms with Crippen molar-refractivity contribution in [2.75, 3.05) is 0 Å². The van der Waals surface area contributed by atoms with Crippen LogP contribution in [-0.2, 0) is 13.0 Å². The van der Waals surface area contributed by atoms with Gasteiger partial charge in [-0.05, 0) is 35.2 Å². The number of pyridine rings is 1. The van der Waals surface area contributed by atoms with Gasteiger partial charge in [0, 0.05) is 6.42 Å². The molecule has 0 aliphatic rings. The maximum Gasteiger partial charge on any atom is 0.335 e. The van der Waals surface area contributed by atoms with Gasteiger partial charge >= 0.3 is 5.97 Å². The van der Waals surface area contributed by atoms with Crippen LogP contribution in [-0.4, -0.2) is 25.6 Å². The molecule has 0 atom stereocenters. The van der Waals surface area contributed by atoms with E-state index in [4.69, 9.17) is 5.11 Å². The third kappa shape index (κ3) is 4.26. The van der Waals surface area contributed by atoms with Gasteiger partial charge in [-0.1, -0.05) is 48.4 Å². The maximum absolute atomic E-state index is 12.9. The minimum atomic E-state index is -0.987. The second-order valence-electron chi connectivity index (χ2n) is 6.73. The molecule has 4 rings (SSSR count). The summed E-state index contributed by atoms with van der Waals surface area (Å²) in [6.07, 6.45) is 3.62. The predicted molar refractivity (Wildman–Crippen MR) is 113 cm³/mol. The highest BCUT2D eigenvalue weighted by Gasteiger charge is 2.07. The van der Waals surface area contributed by atoms with Crippen LogP contribution in [0.5, 0.6) is 0 Å². The number of carboxylic acid groups (broad SMARTS) is 1. The van der Waals surface area contributed by atoms with Crippen LogP contribution in [0.2, 0.25) is 0 Å². The maximum atomic E-state index is 12.9. The molecule has 2 aromatic carbocycles. The van der Waals surface area contributed by atoms with Crippen molar-refractivity contribution in [3.63, 3.8) is 0 Å². The minimum Gasteiger partial charge on any atom is -0.478 e. The number of benzene rings is 2. The van der Waals surface area contributed by atoms with Crippen molar-refractivity contribution >= 4 is 16.9 Å². The number of nitrogens with zero attached hydrogens (tertiary/aromatic N) is 3. The monoisotopic (exact) mass is 395 g/mol. The lowest BCUT2D eigenvalue weighted by Crippen LogP contribution is -2.21. The first kappa shape index (κ1) is 19.1. The normalized spacial score (nSPS) is 10.4. The van der Waals surface area contributed by atoms with Crippen molar-refractivity contribution in [3.05, 3.63) is 106 Å². The fourth-order valence-corrected chi connectivity index (χ4v) is 3.02. The Morgan fingerprint density at radius 2 is 1.77 bits per heavy atom. The predicted octanol–water partition coefficient (Wildman–Crippen LogP) is 3.13. The lowest BCUT2D eigenvalue weighted by molar-refractivity contribution is 0.0697. The first-order chi connectivity index (χ1) is 14.6. The van der Waals surface area contributed by atoms with Gasteiger partial charge in [-0.25, -0.2) is 14.8 Å². The van der Waals surface area contributed by atoms with Crippen LogP contribution in [0.25, 0.3) is 10.9 Å². The standard InChI is InChI=1S/C24H17N3O3/c28-23-21-13-20(8-4-7-17-5-2-1-3-6-17)25-14-22(21)26-16-27(23)15-18-9-11-19(12-10-18)24(29)30/h1-3,5-6,9-14,16H,7,15H2,(H,29,30). The number of aromatic carboxylic acids is 1. The number of rotatable bonds is 4. The molecule has 0 aliphatic carbocycles. The Bertz CT molecular complexity index is 1330. The molecule has 0 saturated heterocycles. The summed E-state index contributed by atoms with van der Waals surface area (Å²) in [5, 5.41) is 9.44. The van der Waals surface area contributed by atoms with Crippen LogP contribution in [0.15, 0.2) is 78.0 Å². The average molecular weight is 395 g/mol. The Hall–Kier alpha value is -4.24. The molecule has 6 nitrogen and oxygen atoms in total. The van der Waals surface area contributed by atoms with Crippen molar-refractivity contribution in [1.29, 1.82) is 0 Å². The third-order valence-electron chi connectivity index (χ3n) is 4.62. The van der Waals surface area contributed by atoms with Crippen LogP contribution >= 0.6 is 0 Å². The van der Waals surface area contributed by atoms with E-state index in [-0.39, 0.29) is 11.1 Å². The number of aromatic nitrogens is 3. The summed E-state index contributed by atoms with van der Waals surface area (Å²) in [6, 6.07) is 18.0. The van der Waals surface area contributed by atoms with E-state index in [2.05, 4.69) is 21.8 Å². The minimum absolute atomic E-state index is 0.198. The molecule has 0 amide bonds.